The second-order valence-corrected chi connectivity index (χ2v) is 7.19. The fourth-order valence-electron chi connectivity index (χ4n) is 3.83. The van der Waals surface area contributed by atoms with Gasteiger partial charge in [-0.15, -0.1) is 0 Å². The molecule has 2 N–H and O–H groups in total. The largest absolute Gasteiger partial charge is 0.481 e. The Hall–Kier alpha value is -1.88. The first-order valence-electron chi connectivity index (χ1n) is 8.67. The summed E-state index contributed by atoms with van der Waals surface area (Å²) in [5, 5.41) is 12.0. The van der Waals surface area contributed by atoms with Gasteiger partial charge in [0.15, 0.2) is 0 Å². The molecule has 0 radical (unpaired) electrons. The van der Waals surface area contributed by atoms with Crippen molar-refractivity contribution >= 4 is 11.9 Å². The molecule has 1 aromatic carbocycles. The highest BCUT2D eigenvalue weighted by Crippen LogP contribution is 2.37. The Morgan fingerprint density at radius 1 is 1.38 bits per heavy atom. The van der Waals surface area contributed by atoms with Gasteiger partial charge in [0.2, 0.25) is 5.91 Å². The van der Waals surface area contributed by atoms with Gasteiger partial charge in [0.05, 0.1) is 24.7 Å². The lowest BCUT2D eigenvalue weighted by molar-refractivity contribution is -0.137. The zero-order valence-corrected chi connectivity index (χ0v) is 14.2. The highest BCUT2D eigenvalue weighted by Gasteiger charge is 2.35. The first-order chi connectivity index (χ1) is 11.4. The average Bonchev–Trinajstić information content (AvgIpc) is 3.11. The normalized spacial score (nSPS) is 28.6. The summed E-state index contributed by atoms with van der Waals surface area (Å²) in [4.78, 5) is 23.3. The number of benzene rings is 1. The summed E-state index contributed by atoms with van der Waals surface area (Å²) in [6, 6.07) is 6.51. The third-order valence-corrected chi connectivity index (χ3v) is 5.18. The van der Waals surface area contributed by atoms with E-state index in [9.17, 15) is 9.59 Å². The summed E-state index contributed by atoms with van der Waals surface area (Å²) in [6.45, 7) is 4.62. The van der Waals surface area contributed by atoms with Crippen LogP contribution in [0.25, 0.3) is 0 Å². The molecule has 1 aliphatic carbocycles. The molecule has 1 aliphatic heterocycles. The number of hydrogen-bond donors (Lipinski definition) is 2. The average molecular weight is 331 g/mol. The van der Waals surface area contributed by atoms with Crippen LogP contribution in [-0.2, 0) is 20.7 Å². The second-order valence-electron chi connectivity index (χ2n) is 7.19. The number of fused-ring (bicyclic) bond motifs is 1. The molecule has 3 rings (SSSR count). The van der Waals surface area contributed by atoms with Crippen LogP contribution in [0.5, 0.6) is 0 Å². The van der Waals surface area contributed by atoms with Crippen molar-refractivity contribution in [1.29, 1.82) is 0 Å². The summed E-state index contributed by atoms with van der Waals surface area (Å²) in [6.07, 6.45) is 2.04. The molecule has 1 aromatic rings. The number of rotatable bonds is 5. The van der Waals surface area contributed by atoms with Gasteiger partial charge < -0.3 is 15.2 Å². The zero-order chi connectivity index (χ0) is 17.3. The third-order valence-electron chi connectivity index (χ3n) is 5.18. The maximum atomic E-state index is 12.6. The topological polar surface area (TPSA) is 75.6 Å². The van der Waals surface area contributed by atoms with Gasteiger partial charge in [-0.3, -0.25) is 9.59 Å². The maximum absolute atomic E-state index is 12.6. The number of aliphatic carboxylic acids is 1. The van der Waals surface area contributed by atoms with E-state index in [-0.39, 0.29) is 30.4 Å². The second kappa shape index (κ2) is 6.93. The Morgan fingerprint density at radius 3 is 2.92 bits per heavy atom. The molecule has 24 heavy (non-hydrogen) atoms. The minimum atomic E-state index is -0.821. The Morgan fingerprint density at radius 2 is 2.17 bits per heavy atom. The third kappa shape index (κ3) is 3.61. The number of nitrogens with one attached hydrogen (secondary N) is 1. The van der Waals surface area contributed by atoms with Gasteiger partial charge in [0.25, 0.3) is 0 Å². The monoisotopic (exact) mass is 331 g/mol. The van der Waals surface area contributed by atoms with Crippen molar-refractivity contribution in [3.8, 4) is 0 Å². The van der Waals surface area contributed by atoms with Gasteiger partial charge in [0, 0.05) is 6.42 Å². The van der Waals surface area contributed by atoms with Crippen molar-refractivity contribution in [2.75, 3.05) is 6.61 Å². The number of carbonyl (C=O) groups excluding carboxylic acids is 1. The molecule has 0 saturated carbocycles. The summed E-state index contributed by atoms with van der Waals surface area (Å²) in [7, 11) is 0. The summed E-state index contributed by atoms with van der Waals surface area (Å²) < 4.78 is 5.59. The van der Waals surface area contributed by atoms with Crippen molar-refractivity contribution in [2.24, 2.45) is 11.8 Å². The number of carboxylic acid groups (broad SMARTS) is 1. The lowest BCUT2D eigenvalue weighted by Crippen LogP contribution is -2.35. The fraction of sp³-hybridized carbons (Fsp3) is 0.579. The van der Waals surface area contributed by atoms with Crippen molar-refractivity contribution < 1.29 is 19.4 Å². The molecule has 1 heterocycles. The predicted octanol–water partition coefficient (Wildman–Crippen LogP) is 2.61. The Bertz CT molecular complexity index is 642. The first-order valence-corrected chi connectivity index (χ1v) is 8.67. The molecule has 2 unspecified atom stereocenters. The summed E-state index contributed by atoms with van der Waals surface area (Å²) >= 11 is 0. The van der Waals surface area contributed by atoms with E-state index in [0.717, 1.165) is 6.42 Å². The minimum Gasteiger partial charge on any atom is -0.481 e. The van der Waals surface area contributed by atoms with Crippen LogP contribution >= 0.6 is 0 Å². The molecule has 1 saturated heterocycles. The van der Waals surface area contributed by atoms with Gasteiger partial charge in [-0.25, -0.2) is 0 Å². The van der Waals surface area contributed by atoms with E-state index in [4.69, 9.17) is 9.84 Å². The Kier molecular flexibility index (Phi) is 4.90. The van der Waals surface area contributed by atoms with E-state index in [1.165, 1.54) is 16.7 Å². The van der Waals surface area contributed by atoms with Crippen molar-refractivity contribution in [3.05, 3.63) is 34.9 Å². The Labute approximate surface area is 142 Å². The van der Waals surface area contributed by atoms with Crippen LogP contribution in [0.1, 0.15) is 48.9 Å². The summed E-state index contributed by atoms with van der Waals surface area (Å²) in [5.74, 6) is -0.585. The maximum Gasteiger partial charge on any atom is 0.303 e. The smallest absolute Gasteiger partial charge is 0.303 e. The molecule has 0 spiro atoms. The van der Waals surface area contributed by atoms with Crippen LogP contribution in [0, 0.1) is 18.8 Å². The molecule has 5 heteroatoms. The van der Waals surface area contributed by atoms with Gasteiger partial charge in [0.1, 0.15) is 0 Å². The van der Waals surface area contributed by atoms with Crippen molar-refractivity contribution in [3.63, 3.8) is 0 Å². The van der Waals surface area contributed by atoms with E-state index in [1.807, 2.05) is 0 Å². The lowest BCUT2D eigenvalue weighted by atomic mass is 9.98. The van der Waals surface area contributed by atoms with Gasteiger partial charge in [-0.05, 0) is 43.2 Å². The van der Waals surface area contributed by atoms with E-state index in [1.54, 1.807) is 0 Å². The number of carboxylic acids is 1. The number of carbonyl (C=O) groups is 2. The number of amides is 1. The highest BCUT2D eigenvalue weighted by atomic mass is 16.5. The number of hydrogen-bond acceptors (Lipinski definition) is 3. The van der Waals surface area contributed by atoms with Crippen molar-refractivity contribution in [2.45, 2.75) is 51.7 Å². The van der Waals surface area contributed by atoms with E-state index in [0.29, 0.717) is 25.4 Å². The summed E-state index contributed by atoms with van der Waals surface area (Å²) in [5.41, 5.74) is 3.76. The predicted molar refractivity (Wildman–Crippen MR) is 89.6 cm³/mol. The molecule has 1 fully saturated rings. The number of aryl methyl sites for hydroxylation is 1. The molecule has 1 amide bonds. The standard InChI is InChI=1S/C19H25NO4/c1-11-3-4-13-8-12(2)18(16(13)7-11)20-19(23)14-9-15(24-10-14)5-6-17(21)22/h3-4,7,12,14-15,18H,5-6,8-10H2,1-2H3,(H,20,23)(H,21,22)/t12-,14?,15?,18+/m1/s1. The quantitative estimate of drug-likeness (QED) is 0.869. The van der Waals surface area contributed by atoms with E-state index >= 15 is 0 Å². The molecule has 0 aromatic heterocycles. The van der Waals surface area contributed by atoms with E-state index < -0.39 is 5.97 Å². The fourth-order valence-corrected chi connectivity index (χ4v) is 3.83. The minimum absolute atomic E-state index is 0.0269. The van der Waals surface area contributed by atoms with Gasteiger partial charge in [-0.2, -0.15) is 0 Å². The van der Waals surface area contributed by atoms with E-state index in [2.05, 4.69) is 37.4 Å². The van der Waals surface area contributed by atoms with Crippen LogP contribution in [0.4, 0.5) is 0 Å². The Balaban J connectivity index is 1.60. The lowest BCUT2D eigenvalue weighted by Gasteiger charge is -2.21. The van der Waals surface area contributed by atoms with Gasteiger partial charge in [-0.1, -0.05) is 30.7 Å². The molecular weight excluding hydrogens is 306 g/mol. The van der Waals surface area contributed by atoms with Crippen LogP contribution in [-0.4, -0.2) is 29.7 Å². The highest BCUT2D eigenvalue weighted by molar-refractivity contribution is 5.80. The first kappa shape index (κ1) is 17.0. The van der Waals surface area contributed by atoms with Crippen LogP contribution in [0.3, 0.4) is 0 Å². The van der Waals surface area contributed by atoms with Crippen molar-refractivity contribution in [1.82, 2.24) is 5.32 Å². The molecular formula is C19H25NO4. The molecule has 130 valence electrons. The van der Waals surface area contributed by atoms with Crippen LogP contribution in [0.2, 0.25) is 0 Å². The molecule has 5 nitrogen and oxygen atoms in total. The molecule has 4 atom stereocenters. The van der Waals surface area contributed by atoms with Gasteiger partial charge >= 0.3 is 5.97 Å². The van der Waals surface area contributed by atoms with Crippen LogP contribution in [0.15, 0.2) is 18.2 Å². The van der Waals surface area contributed by atoms with Crippen LogP contribution < -0.4 is 5.32 Å². The SMILES string of the molecule is Cc1ccc2c(c1)[C@@H](NC(=O)C1COC(CCC(=O)O)C1)[C@H](C)C2. The molecule has 2 aliphatic rings. The molecule has 0 bridgehead atoms. The zero-order valence-electron chi connectivity index (χ0n) is 14.2. The number of ether oxygens (including phenoxy) is 1.